The second kappa shape index (κ2) is 14.2. The minimum absolute atomic E-state index is 0.118. The second-order valence-electron chi connectivity index (χ2n) is 16.5. The lowest BCUT2D eigenvalue weighted by atomic mass is 9.58. The first-order chi connectivity index (χ1) is 26.1. The summed E-state index contributed by atoms with van der Waals surface area (Å²) in [7, 11) is 0. The van der Waals surface area contributed by atoms with Gasteiger partial charge in [0.05, 0.1) is 17.6 Å². The molecule has 5 aliphatic carbocycles. The van der Waals surface area contributed by atoms with E-state index in [-0.39, 0.29) is 49.7 Å². The molecular formula is C39H44F7N5O4. The van der Waals surface area contributed by atoms with E-state index in [0.717, 1.165) is 19.0 Å². The Morgan fingerprint density at radius 3 is 2.36 bits per heavy atom. The van der Waals surface area contributed by atoms with Crippen LogP contribution in [0.2, 0.25) is 0 Å². The molecule has 2 aromatic heterocycles. The van der Waals surface area contributed by atoms with Crippen LogP contribution in [0.15, 0.2) is 30.6 Å². The molecule has 3 heterocycles. The van der Waals surface area contributed by atoms with Crippen molar-refractivity contribution in [3.63, 3.8) is 0 Å². The summed E-state index contributed by atoms with van der Waals surface area (Å²) in [5.74, 6) is -5.30. The van der Waals surface area contributed by atoms with Gasteiger partial charge in [-0.05, 0) is 93.6 Å². The first kappa shape index (κ1) is 37.9. The molecule has 0 radical (unpaired) electrons. The number of piperidine rings is 1. The molecular weight excluding hydrogens is 735 g/mol. The summed E-state index contributed by atoms with van der Waals surface area (Å²) in [4.78, 5) is 36.7. The molecule has 5 saturated carbocycles. The number of carbonyl (C=O) groups is 2. The predicted molar refractivity (Wildman–Crippen MR) is 186 cm³/mol. The van der Waals surface area contributed by atoms with Crippen molar-refractivity contribution in [1.82, 2.24) is 24.8 Å². The van der Waals surface area contributed by atoms with Gasteiger partial charge in [0.2, 0.25) is 5.92 Å². The average molecular weight is 780 g/mol. The largest absolute Gasteiger partial charge is 0.490 e. The van der Waals surface area contributed by atoms with Gasteiger partial charge in [0.1, 0.15) is 17.4 Å². The summed E-state index contributed by atoms with van der Waals surface area (Å²) in [6, 6.07) is 4.57. The molecule has 1 saturated heterocycles. The van der Waals surface area contributed by atoms with Gasteiger partial charge >= 0.3 is 12.1 Å². The molecule has 2 N–H and O–H groups in total. The number of aromatic nitrogens is 3. The lowest BCUT2D eigenvalue weighted by Gasteiger charge is -2.50. The molecule has 1 aromatic carbocycles. The highest BCUT2D eigenvalue weighted by Gasteiger charge is 2.60. The zero-order chi connectivity index (χ0) is 38.9. The van der Waals surface area contributed by atoms with Crippen molar-refractivity contribution in [1.29, 1.82) is 0 Å². The van der Waals surface area contributed by atoms with E-state index in [0.29, 0.717) is 80.1 Å². The maximum Gasteiger partial charge on any atom is 0.434 e. The number of hydrogen-bond donors (Lipinski definition) is 2. The fourth-order valence-corrected chi connectivity index (χ4v) is 10.5. The van der Waals surface area contributed by atoms with E-state index in [1.807, 2.05) is 0 Å². The quantitative estimate of drug-likeness (QED) is 0.210. The first-order valence-electron chi connectivity index (χ1n) is 19.3. The van der Waals surface area contributed by atoms with Crippen LogP contribution in [0, 0.1) is 23.7 Å². The fraction of sp³-hybridized carbons (Fsp3) is 0.641. The summed E-state index contributed by atoms with van der Waals surface area (Å²) in [5, 5.41) is 13.6. The Morgan fingerprint density at radius 1 is 0.964 bits per heavy atom. The van der Waals surface area contributed by atoms with E-state index in [9.17, 15) is 45.4 Å². The van der Waals surface area contributed by atoms with Crippen molar-refractivity contribution in [2.45, 2.75) is 113 Å². The molecule has 1 amide bonds. The minimum atomic E-state index is -5.11. The Bertz CT molecular complexity index is 1930. The third-order valence-electron chi connectivity index (χ3n) is 13.1. The number of fused-ring (bicyclic) bond motifs is 2. The van der Waals surface area contributed by atoms with Crippen LogP contribution in [-0.4, -0.2) is 80.0 Å². The Labute approximate surface area is 313 Å². The van der Waals surface area contributed by atoms with Crippen molar-refractivity contribution in [3.8, 4) is 17.1 Å². The number of carboxylic acids is 1. The molecule has 1 aliphatic heterocycles. The van der Waals surface area contributed by atoms with E-state index in [1.165, 1.54) is 0 Å². The normalized spacial score (nSPS) is 28.8. The third-order valence-corrected chi connectivity index (χ3v) is 13.1. The number of benzene rings is 1. The van der Waals surface area contributed by atoms with Gasteiger partial charge in [0.15, 0.2) is 11.5 Å². The van der Waals surface area contributed by atoms with E-state index in [1.54, 1.807) is 33.9 Å². The maximum absolute atomic E-state index is 14.8. The molecule has 55 heavy (non-hydrogen) atoms. The molecule has 298 valence electrons. The van der Waals surface area contributed by atoms with Gasteiger partial charge in [0, 0.05) is 61.4 Å². The van der Waals surface area contributed by atoms with Gasteiger partial charge in [-0.1, -0.05) is 6.42 Å². The van der Waals surface area contributed by atoms with E-state index < -0.39 is 65.1 Å². The number of nitrogens with one attached hydrogen (secondary N) is 1. The summed E-state index contributed by atoms with van der Waals surface area (Å²) >= 11 is 0. The molecule has 9 rings (SSSR count). The molecule has 4 bridgehead atoms. The number of alkyl halides is 7. The second-order valence-corrected chi connectivity index (χ2v) is 16.5. The Balaban J connectivity index is 1.12. The Hall–Kier alpha value is -3.95. The zero-order valence-corrected chi connectivity index (χ0v) is 30.1. The number of halogens is 7. The van der Waals surface area contributed by atoms with Gasteiger partial charge in [-0.3, -0.25) is 9.69 Å². The summed E-state index contributed by atoms with van der Waals surface area (Å²) in [6.07, 6.45) is -0.743. The van der Waals surface area contributed by atoms with Gasteiger partial charge in [-0.2, -0.15) is 13.2 Å². The first-order valence-corrected chi connectivity index (χ1v) is 19.3. The van der Waals surface area contributed by atoms with Crippen molar-refractivity contribution in [2.24, 2.45) is 23.7 Å². The van der Waals surface area contributed by atoms with Crippen LogP contribution in [-0.2, 0) is 11.0 Å². The summed E-state index contributed by atoms with van der Waals surface area (Å²) in [6.45, 7) is 0.546. The van der Waals surface area contributed by atoms with E-state index in [2.05, 4.69) is 15.3 Å². The Morgan fingerprint density at radius 2 is 1.67 bits per heavy atom. The minimum Gasteiger partial charge on any atom is -0.490 e. The molecule has 3 aromatic rings. The van der Waals surface area contributed by atoms with Gasteiger partial charge < -0.3 is 19.7 Å². The molecule has 9 nitrogen and oxygen atoms in total. The maximum atomic E-state index is 14.8. The van der Waals surface area contributed by atoms with Crippen LogP contribution in [0.4, 0.5) is 30.7 Å². The van der Waals surface area contributed by atoms with Crippen LogP contribution in [0.25, 0.3) is 22.3 Å². The lowest BCUT2D eigenvalue weighted by molar-refractivity contribution is -0.154. The highest BCUT2D eigenvalue weighted by atomic mass is 19.4. The number of hydrogen-bond acceptors (Lipinski definition) is 6. The molecule has 16 heteroatoms. The number of amides is 1. The van der Waals surface area contributed by atoms with Gasteiger partial charge in [-0.25, -0.2) is 32.3 Å². The van der Waals surface area contributed by atoms with Gasteiger partial charge in [0.25, 0.3) is 12.3 Å². The lowest BCUT2D eigenvalue weighted by Crippen LogP contribution is -2.66. The van der Waals surface area contributed by atoms with Crippen LogP contribution >= 0.6 is 0 Å². The SMILES string of the molecule is O=C(NC1(C(=O)O)C2CCC3CC(C2)CC1C3)c1cnc(-c2cn(C3CCC(F)(F)CC3)c3cc(OC4CCN(CC(F)F)CC4)ccc23)nc1C(F)(F)F. The topological polar surface area (TPSA) is 110 Å². The fourth-order valence-electron chi connectivity index (χ4n) is 10.5. The average Bonchev–Trinajstić information content (AvgIpc) is 3.38. The third kappa shape index (κ3) is 7.27. The standard InChI is InChI=1S/C39H44F7N5O4/c40-32(41)20-50-11-7-26(8-12-50)55-27-3-4-28-30(19-51(31(28)17-27)25-5-9-37(42,43)10-6-25)34-47-18-29(33(48-34)39(44,45)46)35(52)49-38(36(53)54)23-2-1-21-13-22(15-23)16-24(38)14-21/h3-4,17-19,21-26,32H,1-2,5-16,20H2,(H,49,52)(H,53,54). The van der Waals surface area contributed by atoms with E-state index in [4.69, 9.17) is 4.74 Å². The summed E-state index contributed by atoms with van der Waals surface area (Å²) < 4.78 is 107. The monoisotopic (exact) mass is 779 g/mol. The smallest absolute Gasteiger partial charge is 0.434 e. The van der Waals surface area contributed by atoms with E-state index >= 15 is 0 Å². The predicted octanol–water partition coefficient (Wildman–Crippen LogP) is 8.38. The summed E-state index contributed by atoms with van der Waals surface area (Å²) in [5.41, 5.74) is -3.38. The van der Waals surface area contributed by atoms with Crippen LogP contribution in [0.5, 0.6) is 5.75 Å². The number of aliphatic carboxylic acids is 1. The number of carbonyl (C=O) groups excluding carboxylic acids is 1. The van der Waals surface area contributed by atoms with Crippen molar-refractivity contribution >= 4 is 22.8 Å². The van der Waals surface area contributed by atoms with Crippen molar-refractivity contribution in [3.05, 3.63) is 41.9 Å². The highest BCUT2D eigenvalue weighted by molar-refractivity contribution is 6.00. The molecule has 6 aliphatic rings. The Kier molecular flexibility index (Phi) is 9.81. The number of ether oxygens (including phenoxy) is 1. The number of likely N-dealkylation sites (tertiary alicyclic amines) is 1. The van der Waals surface area contributed by atoms with Crippen molar-refractivity contribution < 1.29 is 50.2 Å². The highest BCUT2D eigenvalue weighted by Crippen LogP contribution is 2.56. The molecule has 0 spiro atoms. The molecule has 5 atom stereocenters. The molecule has 6 fully saturated rings. The number of carboxylic acid groups (broad SMARTS) is 1. The molecule has 5 unspecified atom stereocenters. The number of nitrogens with zero attached hydrogens (tertiary/aromatic N) is 4. The van der Waals surface area contributed by atoms with Gasteiger partial charge in [-0.15, -0.1) is 0 Å². The number of rotatable bonds is 9. The van der Waals surface area contributed by atoms with Crippen molar-refractivity contribution in [2.75, 3.05) is 19.6 Å². The van der Waals surface area contributed by atoms with Crippen LogP contribution < -0.4 is 10.1 Å². The zero-order valence-electron chi connectivity index (χ0n) is 30.1. The van der Waals surface area contributed by atoms with Crippen LogP contribution in [0.1, 0.15) is 99.1 Å². The van der Waals surface area contributed by atoms with Crippen LogP contribution in [0.3, 0.4) is 0 Å².